The Morgan fingerprint density at radius 2 is 2.11 bits per heavy atom. The third-order valence-corrected chi connectivity index (χ3v) is 4.57. The van der Waals surface area contributed by atoms with Crippen LogP contribution in [0.4, 0.5) is 0 Å². The molecule has 5 nitrogen and oxygen atoms in total. The van der Waals surface area contributed by atoms with Gasteiger partial charge in [-0.15, -0.1) is 11.6 Å². The minimum absolute atomic E-state index is 0.0391. The van der Waals surface area contributed by atoms with E-state index in [1.54, 1.807) is 6.33 Å². The van der Waals surface area contributed by atoms with E-state index in [1.165, 1.54) is 0 Å². The standard InChI is InChI=1S/C12H16ClN3O2S/c13-6-9-19(17,18)15-7-3-8-16-10-14-11-4-1-2-5-12(11)16/h1-2,4-5,10,15H,3,6-9H2. The molecule has 1 N–H and O–H groups in total. The molecule has 0 saturated heterocycles. The Balaban J connectivity index is 1.86. The predicted molar refractivity (Wildman–Crippen MR) is 76.9 cm³/mol. The summed E-state index contributed by atoms with van der Waals surface area (Å²) >= 11 is 5.41. The van der Waals surface area contributed by atoms with Gasteiger partial charge in [-0.2, -0.15) is 0 Å². The van der Waals surface area contributed by atoms with Gasteiger partial charge in [0.05, 0.1) is 23.1 Å². The molecular weight excluding hydrogens is 286 g/mol. The predicted octanol–water partition coefficient (Wildman–Crippen LogP) is 1.58. The third kappa shape index (κ3) is 3.92. The molecule has 0 bridgehead atoms. The molecule has 0 aliphatic heterocycles. The van der Waals surface area contributed by atoms with Gasteiger partial charge in [-0.3, -0.25) is 0 Å². The molecule has 2 rings (SSSR count). The third-order valence-electron chi connectivity index (χ3n) is 2.77. The fourth-order valence-electron chi connectivity index (χ4n) is 1.84. The van der Waals surface area contributed by atoms with Crippen LogP contribution in [0.2, 0.25) is 0 Å². The number of halogens is 1. The van der Waals surface area contributed by atoms with Crippen LogP contribution in [0, 0.1) is 0 Å². The maximum Gasteiger partial charge on any atom is 0.212 e. The van der Waals surface area contributed by atoms with Crippen LogP contribution in [0.5, 0.6) is 0 Å². The Bertz CT molecular complexity index is 639. The van der Waals surface area contributed by atoms with Crippen LogP contribution in [0.25, 0.3) is 11.0 Å². The Kier molecular flexibility index (Phi) is 4.79. The molecule has 0 unspecified atom stereocenters. The Labute approximate surface area is 117 Å². The lowest BCUT2D eigenvalue weighted by Crippen LogP contribution is -2.28. The SMILES string of the molecule is O=S(=O)(CCCl)NCCCn1cnc2ccccc21. The van der Waals surface area contributed by atoms with E-state index in [9.17, 15) is 8.42 Å². The van der Waals surface area contributed by atoms with E-state index in [1.807, 2.05) is 28.8 Å². The summed E-state index contributed by atoms with van der Waals surface area (Å²) < 4.78 is 27.3. The molecule has 0 aliphatic rings. The highest BCUT2D eigenvalue weighted by atomic mass is 35.5. The molecule has 7 heteroatoms. The van der Waals surface area contributed by atoms with Crippen LogP contribution < -0.4 is 4.72 Å². The number of hydrogen-bond acceptors (Lipinski definition) is 3. The first-order valence-corrected chi connectivity index (χ1v) is 8.24. The normalized spacial score (nSPS) is 12.1. The summed E-state index contributed by atoms with van der Waals surface area (Å²) in [6, 6.07) is 7.86. The lowest BCUT2D eigenvalue weighted by molar-refractivity contribution is 0.573. The number of alkyl halides is 1. The lowest BCUT2D eigenvalue weighted by Gasteiger charge is -2.06. The van der Waals surface area contributed by atoms with E-state index in [-0.39, 0.29) is 11.6 Å². The summed E-state index contributed by atoms with van der Waals surface area (Å²) in [6.45, 7) is 1.13. The number of nitrogens with zero attached hydrogens (tertiary/aromatic N) is 2. The first kappa shape index (κ1) is 14.3. The zero-order chi connectivity index (χ0) is 13.7. The van der Waals surface area contributed by atoms with Gasteiger partial charge in [-0.05, 0) is 18.6 Å². The summed E-state index contributed by atoms with van der Waals surface area (Å²) in [7, 11) is -3.22. The second kappa shape index (κ2) is 6.36. The van der Waals surface area contributed by atoms with Crippen molar-refractivity contribution in [3.8, 4) is 0 Å². The van der Waals surface area contributed by atoms with Crippen molar-refractivity contribution in [1.82, 2.24) is 14.3 Å². The van der Waals surface area contributed by atoms with Gasteiger partial charge in [-0.25, -0.2) is 18.1 Å². The number of sulfonamides is 1. The quantitative estimate of drug-likeness (QED) is 0.624. The monoisotopic (exact) mass is 301 g/mol. The Hall–Kier alpha value is -1.11. The Morgan fingerprint density at radius 3 is 2.89 bits per heavy atom. The van der Waals surface area contributed by atoms with Crippen molar-refractivity contribution in [2.45, 2.75) is 13.0 Å². The van der Waals surface area contributed by atoms with Gasteiger partial charge in [0.25, 0.3) is 0 Å². The van der Waals surface area contributed by atoms with Crippen LogP contribution in [-0.4, -0.2) is 36.1 Å². The first-order valence-electron chi connectivity index (χ1n) is 6.05. The summed E-state index contributed by atoms with van der Waals surface area (Å²) in [6.07, 6.45) is 2.49. The van der Waals surface area contributed by atoms with Crippen LogP contribution in [0.1, 0.15) is 6.42 Å². The first-order chi connectivity index (χ1) is 9.12. The van der Waals surface area contributed by atoms with Crippen molar-refractivity contribution in [1.29, 1.82) is 0 Å². The molecule has 1 aromatic carbocycles. The highest BCUT2D eigenvalue weighted by Crippen LogP contribution is 2.11. The molecule has 0 aliphatic carbocycles. The van der Waals surface area contributed by atoms with Gasteiger partial charge in [0, 0.05) is 19.0 Å². The van der Waals surface area contributed by atoms with Crippen molar-refractivity contribution in [2.75, 3.05) is 18.2 Å². The molecule has 0 saturated carbocycles. The minimum Gasteiger partial charge on any atom is -0.331 e. The number of fused-ring (bicyclic) bond motifs is 1. The number of rotatable bonds is 7. The van der Waals surface area contributed by atoms with Crippen molar-refractivity contribution in [3.05, 3.63) is 30.6 Å². The van der Waals surface area contributed by atoms with E-state index in [0.717, 1.165) is 17.6 Å². The van der Waals surface area contributed by atoms with Gasteiger partial charge in [0.2, 0.25) is 10.0 Å². The number of benzene rings is 1. The average Bonchev–Trinajstić information content (AvgIpc) is 2.78. The molecule has 0 spiro atoms. The van der Waals surface area contributed by atoms with Crippen molar-refractivity contribution in [2.24, 2.45) is 0 Å². The summed E-state index contributed by atoms with van der Waals surface area (Å²) in [5, 5.41) is 0. The van der Waals surface area contributed by atoms with Gasteiger partial charge in [-0.1, -0.05) is 12.1 Å². The van der Waals surface area contributed by atoms with Crippen molar-refractivity contribution < 1.29 is 8.42 Å². The highest BCUT2D eigenvalue weighted by Gasteiger charge is 2.08. The van der Waals surface area contributed by atoms with Crippen molar-refractivity contribution >= 4 is 32.7 Å². The second-order valence-corrected chi connectivity index (χ2v) is 6.49. The summed E-state index contributed by atoms with van der Waals surface area (Å²) in [5.74, 6) is 0.0735. The highest BCUT2D eigenvalue weighted by molar-refractivity contribution is 7.89. The zero-order valence-corrected chi connectivity index (χ0v) is 12.0. The van der Waals surface area contributed by atoms with Crippen LogP contribution in [-0.2, 0) is 16.6 Å². The topological polar surface area (TPSA) is 64.0 Å². The van der Waals surface area contributed by atoms with E-state index >= 15 is 0 Å². The van der Waals surface area contributed by atoms with Crippen LogP contribution in [0.3, 0.4) is 0 Å². The molecule has 1 heterocycles. The van der Waals surface area contributed by atoms with Gasteiger partial charge in [0.15, 0.2) is 0 Å². The number of nitrogens with one attached hydrogen (secondary N) is 1. The largest absolute Gasteiger partial charge is 0.331 e. The minimum atomic E-state index is -3.22. The zero-order valence-electron chi connectivity index (χ0n) is 10.4. The number of para-hydroxylation sites is 2. The molecule has 104 valence electrons. The fraction of sp³-hybridized carbons (Fsp3) is 0.417. The maximum atomic E-state index is 11.4. The van der Waals surface area contributed by atoms with Gasteiger partial charge < -0.3 is 4.57 Å². The van der Waals surface area contributed by atoms with Gasteiger partial charge in [0.1, 0.15) is 0 Å². The molecule has 0 amide bonds. The van der Waals surface area contributed by atoms with E-state index in [4.69, 9.17) is 11.6 Å². The van der Waals surface area contributed by atoms with Crippen LogP contribution >= 0.6 is 11.6 Å². The smallest absolute Gasteiger partial charge is 0.212 e. The molecule has 0 atom stereocenters. The molecule has 19 heavy (non-hydrogen) atoms. The molecule has 0 fully saturated rings. The lowest BCUT2D eigenvalue weighted by atomic mass is 10.3. The molecule has 1 aromatic heterocycles. The van der Waals surface area contributed by atoms with Crippen LogP contribution in [0.15, 0.2) is 30.6 Å². The second-order valence-electron chi connectivity index (χ2n) is 4.18. The number of aromatic nitrogens is 2. The molecular formula is C12H16ClN3O2S. The van der Waals surface area contributed by atoms with E-state index in [0.29, 0.717) is 13.0 Å². The average molecular weight is 302 g/mol. The Morgan fingerprint density at radius 1 is 1.32 bits per heavy atom. The van der Waals surface area contributed by atoms with Gasteiger partial charge >= 0.3 is 0 Å². The molecule has 0 radical (unpaired) electrons. The maximum absolute atomic E-state index is 11.4. The van der Waals surface area contributed by atoms with Crippen molar-refractivity contribution in [3.63, 3.8) is 0 Å². The summed E-state index contributed by atoms with van der Waals surface area (Å²) in [4.78, 5) is 4.28. The van der Waals surface area contributed by atoms with E-state index < -0.39 is 10.0 Å². The number of hydrogen-bond donors (Lipinski definition) is 1. The van der Waals surface area contributed by atoms with E-state index in [2.05, 4.69) is 9.71 Å². The fourth-order valence-corrected chi connectivity index (χ4v) is 3.25. The number of aryl methyl sites for hydroxylation is 1. The summed E-state index contributed by atoms with van der Waals surface area (Å²) in [5.41, 5.74) is 2.01. The molecule has 2 aromatic rings. The number of imidazole rings is 1.